The molecule has 0 bridgehead atoms. The van der Waals surface area contributed by atoms with E-state index in [-0.39, 0.29) is 12.3 Å². The van der Waals surface area contributed by atoms with Crippen LogP contribution in [0.15, 0.2) is 18.3 Å². The van der Waals surface area contributed by atoms with Crippen molar-refractivity contribution in [2.45, 2.75) is 6.61 Å². The highest BCUT2D eigenvalue weighted by atomic mass is 16.5. The molecule has 2 aromatic heterocycles. The van der Waals surface area contributed by atoms with Gasteiger partial charge in [0.2, 0.25) is 0 Å². The molecule has 0 amide bonds. The number of pyridine rings is 1. The minimum Gasteiger partial charge on any atom is -0.495 e. The second kappa shape index (κ2) is 4.42. The van der Waals surface area contributed by atoms with E-state index < -0.39 is 5.97 Å². The van der Waals surface area contributed by atoms with Gasteiger partial charge in [-0.3, -0.25) is 4.40 Å². The highest BCUT2D eigenvalue weighted by molar-refractivity contribution is 5.93. The maximum atomic E-state index is 11.0. The van der Waals surface area contributed by atoms with E-state index >= 15 is 0 Å². The maximum absolute atomic E-state index is 11.0. The molecule has 0 saturated carbocycles. The monoisotopic (exact) mass is 236 g/mol. The highest BCUT2D eigenvalue weighted by Gasteiger charge is 2.16. The Balaban J connectivity index is 2.67. The third kappa shape index (κ3) is 1.94. The Morgan fingerprint density at radius 2 is 2.24 bits per heavy atom. The van der Waals surface area contributed by atoms with Crippen LogP contribution in [0, 0.1) is 0 Å². The largest absolute Gasteiger partial charge is 0.495 e. The molecule has 2 aromatic rings. The number of carbonyl (C=O) groups is 1. The highest BCUT2D eigenvalue weighted by Crippen LogP contribution is 2.19. The molecule has 0 unspecified atom stereocenters. The minimum atomic E-state index is -1.06. The number of carboxylic acid groups (broad SMARTS) is 1. The maximum Gasteiger partial charge on any atom is 0.356 e. The Morgan fingerprint density at radius 1 is 1.47 bits per heavy atom. The number of aromatic nitrogens is 2. The number of nitrogens with zero attached hydrogens (tertiary/aromatic N) is 2. The standard InChI is InChI=1S/C11H12N2O4/c1-16-6-9-12-10(11(14)15)8-4-3-7(17-2)5-13(8)9/h3-5H,6H2,1-2H3,(H,14,15). The predicted molar refractivity (Wildman–Crippen MR) is 59.4 cm³/mol. The number of aromatic carboxylic acids is 1. The third-order valence-corrected chi connectivity index (χ3v) is 2.39. The fourth-order valence-electron chi connectivity index (χ4n) is 1.64. The van der Waals surface area contributed by atoms with Crippen molar-refractivity contribution in [1.29, 1.82) is 0 Å². The van der Waals surface area contributed by atoms with Crippen molar-refractivity contribution >= 4 is 11.5 Å². The van der Waals surface area contributed by atoms with Crippen LogP contribution in [0.4, 0.5) is 0 Å². The summed E-state index contributed by atoms with van der Waals surface area (Å²) in [6, 6.07) is 3.36. The molecule has 6 heteroatoms. The number of hydrogen-bond acceptors (Lipinski definition) is 4. The molecular weight excluding hydrogens is 224 g/mol. The number of ether oxygens (including phenoxy) is 2. The van der Waals surface area contributed by atoms with E-state index in [1.807, 2.05) is 0 Å². The van der Waals surface area contributed by atoms with Gasteiger partial charge in [-0.1, -0.05) is 0 Å². The van der Waals surface area contributed by atoms with Crippen LogP contribution in [0.25, 0.3) is 5.52 Å². The molecular formula is C11H12N2O4. The lowest BCUT2D eigenvalue weighted by Gasteiger charge is -2.03. The van der Waals surface area contributed by atoms with E-state index in [9.17, 15) is 4.79 Å². The second-order valence-electron chi connectivity index (χ2n) is 3.44. The summed E-state index contributed by atoms with van der Waals surface area (Å²) in [6.45, 7) is 0.238. The van der Waals surface area contributed by atoms with E-state index in [0.717, 1.165) is 0 Å². The van der Waals surface area contributed by atoms with Crippen molar-refractivity contribution in [3.8, 4) is 5.75 Å². The number of rotatable bonds is 4. The van der Waals surface area contributed by atoms with Gasteiger partial charge in [0.25, 0.3) is 0 Å². The van der Waals surface area contributed by atoms with Crippen LogP contribution in [0.1, 0.15) is 16.3 Å². The lowest BCUT2D eigenvalue weighted by atomic mass is 10.3. The van der Waals surface area contributed by atoms with Gasteiger partial charge in [0, 0.05) is 7.11 Å². The summed E-state index contributed by atoms with van der Waals surface area (Å²) in [5.41, 5.74) is 0.532. The smallest absolute Gasteiger partial charge is 0.356 e. The van der Waals surface area contributed by atoms with Gasteiger partial charge in [-0.25, -0.2) is 9.78 Å². The normalized spacial score (nSPS) is 10.7. The van der Waals surface area contributed by atoms with Crippen LogP contribution in [0.5, 0.6) is 5.75 Å². The Morgan fingerprint density at radius 3 is 2.82 bits per heavy atom. The molecule has 0 fully saturated rings. The lowest BCUT2D eigenvalue weighted by Crippen LogP contribution is -1.97. The number of hydrogen-bond donors (Lipinski definition) is 1. The summed E-state index contributed by atoms with van der Waals surface area (Å²) in [7, 11) is 3.08. The van der Waals surface area contributed by atoms with Crippen LogP contribution in [0.2, 0.25) is 0 Å². The molecule has 2 heterocycles. The number of imidazole rings is 1. The molecule has 0 atom stereocenters. The van der Waals surface area contributed by atoms with Gasteiger partial charge >= 0.3 is 5.97 Å². The molecule has 0 aliphatic carbocycles. The van der Waals surface area contributed by atoms with Crippen LogP contribution in [-0.4, -0.2) is 34.7 Å². The van der Waals surface area contributed by atoms with E-state index in [0.29, 0.717) is 17.1 Å². The average Bonchev–Trinajstić information content (AvgIpc) is 2.68. The van der Waals surface area contributed by atoms with Crippen molar-refractivity contribution in [1.82, 2.24) is 9.38 Å². The first-order valence-electron chi connectivity index (χ1n) is 4.94. The Bertz CT molecular complexity index is 562. The topological polar surface area (TPSA) is 73.1 Å². The molecule has 2 rings (SSSR count). The van der Waals surface area contributed by atoms with Gasteiger partial charge < -0.3 is 14.6 Å². The van der Waals surface area contributed by atoms with Gasteiger partial charge in [-0.2, -0.15) is 0 Å². The Labute approximate surface area is 97.4 Å². The van der Waals surface area contributed by atoms with Crippen LogP contribution < -0.4 is 4.74 Å². The molecule has 0 radical (unpaired) electrons. The summed E-state index contributed by atoms with van der Waals surface area (Å²) in [6.07, 6.45) is 1.68. The molecule has 0 spiro atoms. The summed E-state index contributed by atoms with van der Waals surface area (Å²) >= 11 is 0. The van der Waals surface area contributed by atoms with Crippen molar-refractivity contribution in [2.24, 2.45) is 0 Å². The number of carboxylic acids is 1. The van der Waals surface area contributed by atoms with Crippen LogP contribution in [0.3, 0.4) is 0 Å². The SMILES string of the molecule is COCc1nc(C(=O)O)c2ccc(OC)cn12. The third-order valence-electron chi connectivity index (χ3n) is 2.39. The summed E-state index contributed by atoms with van der Waals surface area (Å²) < 4.78 is 11.7. The predicted octanol–water partition coefficient (Wildman–Crippen LogP) is 1.19. The van der Waals surface area contributed by atoms with Crippen molar-refractivity contribution in [2.75, 3.05) is 14.2 Å². The minimum absolute atomic E-state index is 0.0136. The summed E-state index contributed by atoms with van der Waals surface area (Å²) in [5.74, 6) is 0.0954. The van der Waals surface area contributed by atoms with Gasteiger partial charge in [0.05, 0.1) is 18.8 Å². The fourth-order valence-corrected chi connectivity index (χ4v) is 1.64. The molecule has 0 aliphatic heterocycles. The zero-order chi connectivity index (χ0) is 12.4. The van der Waals surface area contributed by atoms with Crippen molar-refractivity contribution in [3.63, 3.8) is 0 Å². The van der Waals surface area contributed by atoms with Gasteiger partial charge in [-0.15, -0.1) is 0 Å². The van der Waals surface area contributed by atoms with E-state index in [2.05, 4.69) is 4.98 Å². The quantitative estimate of drug-likeness (QED) is 0.863. The first-order valence-corrected chi connectivity index (χ1v) is 4.94. The molecule has 6 nitrogen and oxygen atoms in total. The number of methoxy groups -OCH3 is 2. The van der Waals surface area contributed by atoms with E-state index in [4.69, 9.17) is 14.6 Å². The van der Waals surface area contributed by atoms with Crippen LogP contribution >= 0.6 is 0 Å². The van der Waals surface area contributed by atoms with Crippen molar-refractivity contribution < 1.29 is 19.4 Å². The molecule has 0 aromatic carbocycles. The van der Waals surface area contributed by atoms with E-state index in [1.165, 1.54) is 7.11 Å². The van der Waals surface area contributed by atoms with Gasteiger partial charge in [-0.05, 0) is 12.1 Å². The molecule has 0 aliphatic rings. The van der Waals surface area contributed by atoms with Crippen LogP contribution in [-0.2, 0) is 11.3 Å². The zero-order valence-electron chi connectivity index (χ0n) is 9.51. The van der Waals surface area contributed by atoms with Crippen molar-refractivity contribution in [3.05, 3.63) is 29.8 Å². The molecule has 1 N–H and O–H groups in total. The first kappa shape index (κ1) is 11.4. The zero-order valence-corrected chi connectivity index (χ0v) is 9.51. The Kier molecular flexibility index (Phi) is 2.97. The van der Waals surface area contributed by atoms with Gasteiger partial charge in [0.15, 0.2) is 5.69 Å². The fraction of sp³-hybridized carbons (Fsp3) is 0.273. The van der Waals surface area contributed by atoms with E-state index in [1.54, 1.807) is 29.8 Å². The molecule has 90 valence electrons. The second-order valence-corrected chi connectivity index (χ2v) is 3.44. The first-order chi connectivity index (χ1) is 8.17. The Hall–Kier alpha value is -2.08. The molecule has 0 saturated heterocycles. The summed E-state index contributed by atoms with van der Waals surface area (Å²) in [4.78, 5) is 15.1. The van der Waals surface area contributed by atoms with Gasteiger partial charge in [0.1, 0.15) is 18.2 Å². The summed E-state index contributed by atoms with van der Waals surface area (Å²) in [5, 5.41) is 9.04. The number of fused-ring (bicyclic) bond motifs is 1. The average molecular weight is 236 g/mol. The lowest BCUT2D eigenvalue weighted by molar-refractivity contribution is 0.0692. The molecule has 17 heavy (non-hydrogen) atoms.